The number of oxazole rings is 1. The summed E-state index contributed by atoms with van der Waals surface area (Å²) in [5.74, 6) is 0.948. The SMILES string of the molecule is c1ccc2oc(NC3CC45CC4CNC35)nc2c1. The number of anilines is 1. The molecule has 18 heavy (non-hydrogen) atoms. The molecule has 4 heteroatoms. The van der Waals surface area contributed by atoms with E-state index < -0.39 is 0 Å². The van der Waals surface area contributed by atoms with Gasteiger partial charge >= 0.3 is 0 Å². The third kappa shape index (κ3) is 1.03. The van der Waals surface area contributed by atoms with Gasteiger partial charge in [-0.05, 0) is 42.9 Å². The Labute approximate surface area is 105 Å². The Morgan fingerprint density at radius 3 is 3.11 bits per heavy atom. The van der Waals surface area contributed by atoms with E-state index in [1.165, 1.54) is 19.4 Å². The van der Waals surface area contributed by atoms with Crippen molar-refractivity contribution in [1.82, 2.24) is 10.3 Å². The van der Waals surface area contributed by atoms with Crippen LogP contribution >= 0.6 is 0 Å². The fourth-order valence-electron chi connectivity index (χ4n) is 4.04. The molecule has 1 spiro atoms. The lowest BCUT2D eigenvalue weighted by Crippen LogP contribution is -2.57. The molecular weight excluding hydrogens is 226 g/mol. The van der Waals surface area contributed by atoms with Crippen LogP contribution in [0.3, 0.4) is 0 Å². The van der Waals surface area contributed by atoms with Crippen molar-refractivity contribution in [1.29, 1.82) is 0 Å². The van der Waals surface area contributed by atoms with Crippen LogP contribution in [0.1, 0.15) is 12.8 Å². The molecule has 0 amide bonds. The van der Waals surface area contributed by atoms with Gasteiger partial charge in [-0.2, -0.15) is 4.98 Å². The molecule has 92 valence electrons. The zero-order valence-corrected chi connectivity index (χ0v) is 10.0. The maximum Gasteiger partial charge on any atom is 0.295 e. The molecule has 3 fully saturated rings. The summed E-state index contributed by atoms with van der Waals surface area (Å²) in [4.78, 5) is 4.48. The van der Waals surface area contributed by atoms with E-state index in [9.17, 15) is 0 Å². The molecule has 2 saturated carbocycles. The zero-order chi connectivity index (χ0) is 11.7. The molecule has 1 saturated heterocycles. The largest absolute Gasteiger partial charge is 0.424 e. The minimum absolute atomic E-state index is 0.491. The number of nitrogens with one attached hydrogen (secondary N) is 2. The normalized spacial score (nSPS) is 40.1. The molecule has 2 aliphatic carbocycles. The fraction of sp³-hybridized carbons (Fsp3) is 0.500. The van der Waals surface area contributed by atoms with E-state index in [0.29, 0.717) is 23.5 Å². The molecule has 4 unspecified atom stereocenters. The van der Waals surface area contributed by atoms with Gasteiger partial charge in [0.15, 0.2) is 5.58 Å². The molecule has 0 radical (unpaired) electrons. The number of nitrogens with zero attached hydrogens (tertiary/aromatic N) is 1. The topological polar surface area (TPSA) is 50.1 Å². The molecule has 1 aromatic carbocycles. The van der Waals surface area contributed by atoms with Crippen molar-refractivity contribution in [3.8, 4) is 0 Å². The molecule has 3 aliphatic rings. The van der Waals surface area contributed by atoms with E-state index in [0.717, 1.165) is 17.0 Å². The maximum atomic E-state index is 5.72. The monoisotopic (exact) mass is 241 g/mol. The minimum atomic E-state index is 0.491. The first-order valence-corrected chi connectivity index (χ1v) is 6.71. The van der Waals surface area contributed by atoms with Crippen LogP contribution in [0.15, 0.2) is 28.7 Å². The average Bonchev–Trinajstić information content (AvgIpc) is 2.83. The van der Waals surface area contributed by atoms with Crippen molar-refractivity contribution in [3.05, 3.63) is 24.3 Å². The van der Waals surface area contributed by atoms with Crippen LogP contribution in [0.4, 0.5) is 6.01 Å². The number of rotatable bonds is 2. The summed E-state index contributed by atoms with van der Waals surface area (Å²) in [5.41, 5.74) is 2.43. The number of hydrogen-bond acceptors (Lipinski definition) is 4. The second-order valence-electron chi connectivity index (χ2n) is 5.96. The summed E-state index contributed by atoms with van der Waals surface area (Å²) in [5, 5.41) is 7.07. The average molecular weight is 241 g/mol. The third-order valence-electron chi connectivity index (χ3n) is 5.09. The van der Waals surface area contributed by atoms with Gasteiger partial charge in [-0.25, -0.2) is 0 Å². The Morgan fingerprint density at radius 2 is 2.28 bits per heavy atom. The molecule has 2 heterocycles. The molecule has 4 nitrogen and oxygen atoms in total. The third-order valence-corrected chi connectivity index (χ3v) is 5.09. The van der Waals surface area contributed by atoms with Crippen LogP contribution in [-0.2, 0) is 0 Å². The first-order valence-electron chi connectivity index (χ1n) is 6.71. The van der Waals surface area contributed by atoms with Gasteiger partial charge in [-0.1, -0.05) is 12.1 Å². The minimum Gasteiger partial charge on any atom is -0.424 e. The number of hydrogen-bond donors (Lipinski definition) is 2. The van der Waals surface area contributed by atoms with Crippen molar-refractivity contribution in [3.63, 3.8) is 0 Å². The van der Waals surface area contributed by atoms with E-state index in [-0.39, 0.29) is 0 Å². The molecule has 1 aliphatic heterocycles. The lowest BCUT2D eigenvalue weighted by molar-refractivity contribution is 0.189. The van der Waals surface area contributed by atoms with E-state index >= 15 is 0 Å². The van der Waals surface area contributed by atoms with Crippen LogP contribution < -0.4 is 10.6 Å². The summed E-state index contributed by atoms with van der Waals surface area (Å²) < 4.78 is 5.72. The van der Waals surface area contributed by atoms with Crippen molar-refractivity contribution in [2.24, 2.45) is 11.3 Å². The van der Waals surface area contributed by atoms with Crippen LogP contribution in [-0.4, -0.2) is 23.6 Å². The predicted octanol–water partition coefficient (Wildman–Crippen LogP) is 1.99. The Hall–Kier alpha value is -1.55. The Bertz CT molecular complexity index is 602. The van der Waals surface area contributed by atoms with Crippen molar-refractivity contribution in [2.45, 2.75) is 24.9 Å². The number of aromatic nitrogens is 1. The van der Waals surface area contributed by atoms with Gasteiger partial charge in [-0.3, -0.25) is 0 Å². The van der Waals surface area contributed by atoms with E-state index in [1.54, 1.807) is 0 Å². The zero-order valence-electron chi connectivity index (χ0n) is 10.0. The summed E-state index contributed by atoms with van der Waals surface area (Å²) in [6.07, 6.45) is 2.70. The quantitative estimate of drug-likeness (QED) is 0.844. The van der Waals surface area contributed by atoms with Crippen LogP contribution in [0, 0.1) is 11.3 Å². The van der Waals surface area contributed by atoms with Gasteiger partial charge in [0.05, 0.1) is 0 Å². The Morgan fingerprint density at radius 1 is 1.33 bits per heavy atom. The standard InChI is InChI=1S/C14H15N3O/c1-2-4-11-9(3-1)16-13(18-11)17-10-6-14-5-8(14)7-15-12(10)14/h1-4,8,10,12,15H,5-7H2,(H,16,17). The lowest BCUT2D eigenvalue weighted by atomic mass is 9.72. The molecule has 2 N–H and O–H groups in total. The highest BCUT2D eigenvalue weighted by molar-refractivity contribution is 5.74. The van der Waals surface area contributed by atoms with Gasteiger partial charge in [0.1, 0.15) is 5.52 Å². The Kier molecular flexibility index (Phi) is 1.50. The molecule has 4 atom stereocenters. The first kappa shape index (κ1) is 9.39. The van der Waals surface area contributed by atoms with Crippen LogP contribution in [0.2, 0.25) is 0 Å². The van der Waals surface area contributed by atoms with Gasteiger partial charge in [0.2, 0.25) is 0 Å². The van der Waals surface area contributed by atoms with Crippen molar-refractivity contribution in [2.75, 3.05) is 11.9 Å². The van der Waals surface area contributed by atoms with E-state index in [2.05, 4.69) is 15.6 Å². The number of piperidine rings is 1. The van der Waals surface area contributed by atoms with Crippen molar-refractivity contribution >= 4 is 17.1 Å². The lowest BCUT2D eigenvalue weighted by Gasteiger charge is -2.43. The van der Waals surface area contributed by atoms with Crippen LogP contribution in [0.25, 0.3) is 11.1 Å². The summed E-state index contributed by atoms with van der Waals surface area (Å²) >= 11 is 0. The second-order valence-corrected chi connectivity index (χ2v) is 5.96. The highest BCUT2D eigenvalue weighted by Crippen LogP contribution is 2.68. The molecule has 1 aromatic heterocycles. The second kappa shape index (κ2) is 2.88. The maximum absolute atomic E-state index is 5.72. The van der Waals surface area contributed by atoms with Gasteiger partial charge in [-0.15, -0.1) is 0 Å². The number of fused-ring (bicyclic) bond motifs is 1. The highest BCUT2D eigenvalue weighted by Gasteiger charge is 2.71. The molecule has 0 bridgehead atoms. The number of para-hydroxylation sites is 2. The Balaban J connectivity index is 1.41. The van der Waals surface area contributed by atoms with E-state index in [1.807, 2.05) is 24.3 Å². The van der Waals surface area contributed by atoms with E-state index in [4.69, 9.17) is 4.42 Å². The van der Waals surface area contributed by atoms with Gasteiger partial charge in [0, 0.05) is 12.1 Å². The fourth-order valence-corrected chi connectivity index (χ4v) is 4.04. The van der Waals surface area contributed by atoms with Crippen molar-refractivity contribution < 1.29 is 4.42 Å². The highest BCUT2D eigenvalue weighted by atomic mass is 16.4. The predicted molar refractivity (Wildman–Crippen MR) is 68.4 cm³/mol. The smallest absolute Gasteiger partial charge is 0.295 e. The van der Waals surface area contributed by atoms with Crippen LogP contribution in [0.5, 0.6) is 0 Å². The van der Waals surface area contributed by atoms with Gasteiger partial charge < -0.3 is 15.1 Å². The first-order chi connectivity index (χ1) is 8.85. The molecular formula is C14H15N3O. The molecule has 5 rings (SSSR count). The summed E-state index contributed by atoms with van der Waals surface area (Å²) in [6.45, 7) is 1.20. The summed E-state index contributed by atoms with van der Waals surface area (Å²) in [7, 11) is 0. The summed E-state index contributed by atoms with van der Waals surface area (Å²) in [6, 6.07) is 9.70. The number of benzene rings is 1. The van der Waals surface area contributed by atoms with Gasteiger partial charge in [0.25, 0.3) is 6.01 Å². The molecule has 2 aromatic rings.